The molecule has 0 bridgehead atoms. The number of phenols is 3. The Balaban J connectivity index is 1.61. The Labute approximate surface area is 237 Å². The Bertz CT molecular complexity index is 1130. The summed E-state index contributed by atoms with van der Waals surface area (Å²) in [4.78, 5) is 12.0. The molecule has 2 aromatic rings. The number of methoxy groups -OCH3 is 1. The van der Waals surface area contributed by atoms with Crippen LogP contribution in [0.1, 0.15) is 95.3 Å². The zero-order chi connectivity index (χ0) is 28.6. The van der Waals surface area contributed by atoms with Gasteiger partial charge in [-0.15, -0.1) is 0 Å². The van der Waals surface area contributed by atoms with Gasteiger partial charge in [0.25, 0.3) is 0 Å². The summed E-state index contributed by atoms with van der Waals surface area (Å²) in [6.07, 6.45) is 8.89. The highest BCUT2D eigenvalue weighted by atomic mass is 16.6. The van der Waals surface area contributed by atoms with Crippen molar-refractivity contribution in [2.75, 3.05) is 7.11 Å². The smallest absolute Gasteiger partial charge is 0.302 e. The van der Waals surface area contributed by atoms with Gasteiger partial charge in [0.15, 0.2) is 23.0 Å². The van der Waals surface area contributed by atoms with Crippen molar-refractivity contribution in [1.82, 2.24) is 0 Å². The topological polar surface area (TPSA) is 115 Å². The number of carbonyl (C=O) groups excluding carboxylic acids is 1. The number of phenolic OH excluding ortho intramolecular Hbond substituents is 3. The molecule has 8 heteroatoms. The molecule has 2 fully saturated rings. The predicted molar refractivity (Wildman–Crippen MR) is 151 cm³/mol. The van der Waals surface area contributed by atoms with Crippen molar-refractivity contribution in [3.8, 4) is 28.7 Å². The summed E-state index contributed by atoms with van der Waals surface area (Å²) in [5.41, 5.74) is 1.71. The lowest BCUT2D eigenvalue weighted by molar-refractivity contribution is -0.165. The lowest BCUT2D eigenvalue weighted by Crippen LogP contribution is -2.39. The largest absolute Gasteiger partial charge is 0.504 e. The van der Waals surface area contributed by atoms with E-state index in [2.05, 4.69) is 6.92 Å². The molecule has 2 aliphatic rings. The van der Waals surface area contributed by atoms with Crippen LogP contribution in [0.5, 0.6) is 28.7 Å². The van der Waals surface area contributed by atoms with E-state index in [1.54, 1.807) is 12.1 Å². The molecule has 220 valence electrons. The minimum absolute atomic E-state index is 0.0135. The van der Waals surface area contributed by atoms with Gasteiger partial charge in [-0.2, -0.15) is 0 Å². The summed E-state index contributed by atoms with van der Waals surface area (Å²) in [6.45, 7) is 3.59. The van der Waals surface area contributed by atoms with Crippen LogP contribution in [0, 0.1) is 5.92 Å². The number of hydrogen-bond acceptors (Lipinski definition) is 8. The molecule has 4 atom stereocenters. The van der Waals surface area contributed by atoms with Crippen molar-refractivity contribution >= 4 is 5.97 Å². The zero-order valence-electron chi connectivity index (χ0n) is 23.9. The lowest BCUT2D eigenvalue weighted by Gasteiger charge is -2.39. The number of benzene rings is 2. The van der Waals surface area contributed by atoms with Crippen LogP contribution in [-0.2, 0) is 20.7 Å². The first kappa shape index (κ1) is 29.8. The molecule has 8 nitrogen and oxygen atoms in total. The standard InChI is InChI=1S/C32H44O8/c1-4-5-6-9-22(14-21-12-13-26(34)30(15-21)37-3)28-18-25(38-20(2)33)19-29(40-28)23-16-27(35)32(36)31(17-23)39-24-10-7-8-11-24/h12-13,15-17,22,24-25,28-29,34-36H,4-11,14,18-19H2,1-3H3/t22-,25-,28-,29+/m1/s1. The van der Waals surface area contributed by atoms with Gasteiger partial charge in [0.2, 0.25) is 5.75 Å². The third-order valence-electron chi connectivity index (χ3n) is 8.13. The SMILES string of the molecule is CCCCC[C@H](Cc1ccc(O)c(OC)c1)[C@H]1C[C@@H](OC(C)=O)C[C@@H](c2cc(O)c(O)c(OC3CCCC3)c2)O1. The fourth-order valence-corrected chi connectivity index (χ4v) is 6.07. The fourth-order valence-electron chi connectivity index (χ4n) is 6.07. The highest BCUT2D eigenvalue weighted by Gasteiger charge is 2.37. The third-order valence-corrected chi connectivity index (χ3v) is 8.13. The molecule has 40 heavy (non-hydrogen) atoms. The van der Waals surface area contributed by atoms with E-state index in [1.807, 2.05) is 12.1 Å². The quantitative estimate of drug-likeness (QED) is 0.150. The summed E-state index contributed by atoms with van der Waals surface area (Å²) >= 11 is 0. The van der Waals surface area contributed by atoms with E-state index in [9.17, 15) is 20.1 Å². The highest BCUT2D eigenvalue weighted by molar-refractivity contribution is 5.66. The second kappa shape index (κ2) is 14.0. The third kappa shape index (κ3) is 7.74. The number of aromatic hydroxyl groups is 3. The predicted octanol–water partition coefficient (Wildman–Crippen LogP) is 6.72. The number of rotatable bonds is 12. The minimum atomic E-state index is -0.455. The van der Waals surface area contributed by atoms with Crippen LogP contribution in [0.25, 0.3) is 0 Å². The van der Waals surface area contributed by atoms with Crippen LogP contribution < -0.4 is 9.47 Å². The van der Waals surface area contributed by atoms with Gasteiger partial charge >= 0.3 is 5.97 Å². The maximum atomic E-state index is 12.0. The van der Waals surface area contributed by atoms with E-state index in [-0.39, 0.29) is 53.2 Å². The molecule has 1 aliphatic carbocycles. The normalized spacial score (nSPS) is 22.1. The monoisotopic (exact) mass is 556 g/mol. The average molecular weight is 557 g/mol. The summed E-state index contributed by atoms with van der Waals surface area (Å²) in [5, 5.41) is 31.2. The van der Waals surface area contributed by atoms with Gasteiger partial charge in [-0.3, -0.25) is 4.79 Å². The van der Waals surface area contributed by atoms with Gasteiger partial charge in [-0.25, -0.2) is 0 Å². The number of hydrogen-bond donors (Lipinski definition) is 3. The molecule has 0 unspecified atom stereocenters. The van der Waals surface area contributed by atoms with Crippen LogP contribution in [0.3, 0.4) is 0 Å². The Hall–Kier alpha value is -3.13. The van der Waals surface area contributed by atoms with Gasteiger partial charge in [0.05, 0.1) is 25.4 Å². The Morgan fingerprint density at radius 2 is 1.77 bits per heavy atom. The molecule has 0 radical (unpaired) electrons. The van der Waals surface area contributed by atoms with Crippen molar-refractivity contribution < 1.29 is 39.1 Å². The molecule has 3 N–H and O–H groups in total. The maximum Gasteiger partial charge on any atom is 0.302 e. The molecular formula is C32H44O8. The molecule has 1 aliphatic heterocycles. The number of unbranched alkanes of at least 4 members (excludes halogenated alkanes) is 2. The fraction of sp³-hybridized carbons (Fsp3) is 0.594. The number of esters is 1. The second-order valence-electron chi connectivity index (χ2n) is 11.2. The van der Waals surface area contributed by atoms with E-state index < -0.39 is 6.10 Å². The van der Waals surface area contributed by atoms with Crippen LogP contribution in [-0.4, -0.2) is 46.7 Å². The highest BCUT2D eigenvalue weighted by Crippen LogP contribution is 2.44. The van der Waals surface area contributed by atoms with Crippen molar-refractivity contribution in [2.45, 2.75) is 109 Å². The van der Waals surface area contributed by atoms with Gasteiger partial charge in [-0.1, -0.05) is 32.3 Å². The van der Waals surface area contributed by atoms with Gasteiger partial charge in [0, 0.05) is 19.8 Å². The molecule has 0 aromatic heterocycles. The zero-order valence-corrected chi connectivity index (χ0v) is 23.9. The van der Waals surface area contributed by atoms with Gasteiger partial charge in [0.1, 0.15) is 6.10 Å². The molecule has 1 saturated carbocycles. The Morgan fingerprint density at radius 1 is 1.00 bits per heavy atom. The molecule has 0 spiro atoms. The summed E-state index contributed by atoms with van der Waals surface area (Å²) in [7, 11) is 1.54. The summed E-state index contributed by atoms with van der Waals surface area (Å²) < 4.78 is 23.9. The van der Waals surface area contributed by atoms with Gasteiger partial charge in [-0.05, 0) is 79.8 Å². The Morgan fingerprint density at radius 3 is 2.48 bits per heavy atom. The molecule has 1 saturated heterocycles. The van der Waals surface area contributed by atoms with Crippen LogP contribution >= 0.6 is 0 Å². The van der Waals surface area contributed by atoms with E-state index in [4.69, 9.17) is 18.9 Å². The van der Waals surface area contributed by atoms with Crippen molar-refractivity contribution in [3.05, 3.63) is 41.5 Å². The lowest BCUT2D eigenvalue weighted by atomic mass is 9.83. The first-order valence-corrected chi connectivity index (χ1v) is 14.7. The maximum absolute atomic E-state index is 12.0. The molecule has 4 rings (SSSR count). The van der Waals surface area contributed by atoms with Crippen LogP contribution in [0.4, 0.5) is 0 Å². The first-order valence-electron chi connectivity index (χ1n) is 14.7. The molecular weight excluding hydrogens is 512 g/mol. The van der Waals surface area contributed by atoms with Crippen LogP contribution in [0.2, 0.25) is 0 Å². The average Bonchev–Trinajstić information content (AvgIpc) is 3.44. The van der Waals surface area contributed by atoms with Crippen molar-refractivity contribution in [2.24, 2.45) is 5.92 Å². The number of ether oxygens (including phenoxy) is 4. The van der Waals surface area contributed by atoms with Crippen LogP contribution in [0.15, 0.2) is 30.3 Å². The number of carbonyl (C=O) groups is 1. The van der Waals surface area contributed by atoms with Gasteiger partial charge < -0.3 is 34.3 Å². The molecule has 0 amide bonds. The van der Waals surface area contributed by atoms with Crippen molar-refractivity contribution in [3.63, 3.8) is 0 Å². The van der Waals surface area contributed by atoms with E-state index >= 15 is 0 Å². The van der Waals surface area contributed by atoms with E-state index in [0.717, 1.165) is 56.9 Å². The summed E-state index contributed by atoms with van der Waals surface area (Å²) in [5.74, 6) is 0.0528. The van der Waals surface area contributed by atoms with Crippen molar-refractivity contribution in [1.29, 1.82) is 0 Å². The molecule has 2 aromatic carbocycles. The summed E-state index contributed by atoms with van der Waals surface area (Å²) in [6, 6.07) is 8.68. The molecule has 1 heterocycles. The first-order chi connectivity index (χ1) is 19.3. The van der Waals surface area contributed by atoms with E-state index in [1.165, 1.54) is 20.1 Å². The second-order valence-corrected chi connectivity index (χ2v) is 11.2. The Kier molecular flexibility index (Phi) is 10.4. The minimum Gasteiger partial charge on any atom is -0.504 e. The van der Waals surface area contributed by atoms with E-state index in [0.29, 0.717) is 30.6 Å².